The first-order valence-corrected chi connectivity index (χ1v) is 11.9. The van der Waals surface area contributed by atoms with Crippen LogP contribution in [-0.2, 0) is 28.0 Å². The first-order valence-electron chi connectivity index (χ1n) is 11.1. The van der Waals surface area contributed by atoms with Crippen molar-refractivity contribution in [3.63, 3.8) is 0 Å². The van der Waals surface area contributed by atoms with E-state index >= 15 is 0 Å². The van der Waals surface area contributed by atoms with E-state index in [2.05, 4.69) is 10.6 Å². The first kappa shape index (κ1) is 22.0. The lowest BCUT2D eigenvalue weighted by molar-refractivity contribution is -0.122. The molecule has 1 aliphatic carbocycles. The zero-order valence-corrected chi connectivity index (χ0v) is 18.7. The molecule has 1 aromatic heterocycles. The van der Waals surface area contributed by atoms with E-state index in [-0.39, 0.29) is 17.6 Å². The molecule has 2 aromatic rings. The zero-order valence-electron chi connectivity index (χ0n) is 17.9. The molecule has 0 spiro atoms. The molecule has 5 nitrogen and oxygen atoms in total. The van der Waals surface area contributed by atoms with Gasteiger partial charge in [-0.25, -0.2) is 4.39 Å². The van der Waals surface area contributed by atoms with E-state index in [4.69, 9.17) is 4.74 Å². The Kier molecular flexibility index (Phi) is 6.72. The van der Waals surface area contributed by atoms with Gasteiger partial charge in [0.15, 0.2) is 0 Å². The van der Waals surface area contributed by atoms with Crippen LogP contribution in [0.5, 0.6) is 0 Å². The predicted octanol–water partition coefficient (Wildman–Crippen LogP) is 4.94. The molecule has 1 saturated carbocycles. The summed E-state index contributed by atoms with van der Waals surface area (Å²) in [5.74, 6) is -0.560. The van der Waals surface area contributed by atoms with E-state index in [1.807, 2.05) is 6.92 Å². The molecule has 1 fully saturated rings. The standard InChI is InChI=1S/C24H29FN2O3S/c1-2-13-26-21(28)20-18-10-14-30-15-19(18)31-22(20)27-23(29)24(11-4-3-5-12-24)16-6-8-17(25)9-7-16/h6-9H,2-5,10-15H2,1H3,(H,26,28)(H,27,29). The van der Waals surface area contributed by atoms with Crippen molar-refractivity contribution in [1.82, 2.24) is 5.32 Å². The number of hydrogen-bond acceptors (Lipinski definition) is 4. The number of ether oxygens (including phenoxy) is 1. The average Bonchev–Trinajstić information content (AvgIpc) is 3.16. The van der Waals surface area contributed by atoms with Crippen LogP contribution < -0.4 is 10.6 Å². The molecule has 2 heterocycles. The molecule has 4 rings (SSSR count). The maximum absolute atomic E-state index is 13.7. The topological polar surface area (TPSA) is 67.4 Å². The Bertz CT molecular complexity index is 948. The van der Waals surface area contributed by atoms with Gasteiger partial charge in [-0.1, -0.05) is 38.3 Å². The number of amides is 2. The largest absolute Gasteiger partial charge is 0.376 e. The Morgan fingerprint density at radius 2 is 1.90 bits per heavy atom. The molecule has 0 saturated heterocycles. The summed E-state index contributed by atoms with van der Waals surface area (Å²) in [5, 5.41) is 6.68. The lowest BCUT2D eigenvalue weighted by Gasteiger charge is -2.36. The Balaban J connectivity index is 1.68. The summed E-state index contributed by atoms with van der Waals surface area (Å²) < 4.78 is 19.1. The van der Waals surface area contributed by atoms with Crippen molar-refractivity contribution >= 4 is 28.2 Å². The van der Waals surface area contributed by atoms with Crippen molar-refractivity contribution in [2.45, 2.75) is 63.9 Å². The van der Waals surface area contributed by atoms with Crippen LogP contribution in [0, 0.1) is 5.82 Å². The summed E-state index contributed by atoms with van der Waals surface area (Å²) in [5.41, 5.74) is 1.70. The second-order valence-corrected chi connectivity index (χ2v) is 9.48. The van der Waals surface area contributed by atoms with E-state index in [1.54, 1.807) is 12.1 Å². The Morgan fingerprint density at radius 1 is 1.16 bits per heavy atom. The highest BCUT2D eigenvalue weighted by Crippen LogP contribution is 2.43. The number of carbonyl (C=O) groups excluding carboxylic acids is 2. The fourth-order valence-corrected chi connectivity index (χ4v) is 5.86. The van der Waals surface area contributed by atoms with Crippen molar-refractivity contribution in [2.24, 2.45) is 0 Å². The molecule has 166 valence electrons. The number of halogens is 1. The highest BCUT2D eigenvalue weighted by molar-refractivity contribution is 7.17. The van der Waals surface area contributed by atoms with E-state index in [9.17, 15) is 14.0 Å². The van der Waals surface area contributed by atoms with Crippen LogP contribution in [0.1, 0.15) is 71.8 Å². The molecule has 2 N–H and O–H groups in total. The number of fused-ring (bicyclic) bond motifs is 1. The molecule has 0 unspecified atom stereocenters. The van der Waals surface area contributed by atoms with Crippen molar-refractivity contribution in [3.8, 4) is 0 Å². The molecule has 31 heavy (non-hydrogen) atoms. The van der Waals surface area contributed by atoms with Crippen molar-refractivity contribution in [1.29, 1.82) is 0 Å². The van der Waals surface area contributed by atoms with Crippen LogP contribution in [-0.4, -0.2) is 25.0 Å². The van der Waals surface area contributed by atoms with Gasteiger partial charge in [-0.15, -0.1) is 11.3 Å². The van der Waals surface area contributed by atoms with E-state index in [0.29, 0.717) is 36.7 Å². The molecule has 0 radical (unpaired) electrons. The molecule has 0 atom stereocenters. The van der Waals surface area contributed by atoms with Crippen LogP contribution in [0.15, 0.2) is 24.3 Å². The lowest BCUT2D eigenvalue weighted by atomic mass is 9.68. The van der Waals surface area contributed by atoms with Gasteiger partial charge in [0.25, 0.3) is 5.91 Å². The van der Waals surface area contributed by atoms with Gasteiger partial charge in [-0.2, -0.15) is 0 Å². The number of rotatable bonds is 6. The normalized spacial score (nSPS) is 17.6. The number of carbonyl (C=O) groups is 2. The zero-order chi connectivity index (χ0) is 21.8. The number of hydrogen-bond donors (Lipinski definition) is 2. The number of nitrogens with one attached hydrogen (secondary N) is 2. The Morgan fingerprint density at radius 3 is 2.61 bits per heavy atom. The van der Waals surface area contributed by atoms with Crippen molar-refractivity contribution < 1.29 is 18.7 Å². The van der Waals surface area contributed by atoms with Crippen molar-refractivity contribution in [3.05, 3.63) is 51.7 Å². The highest BCUT2D eigenvalue weighted by Gasteiger charge is 2.42. The molecular formula is C24H29FN2O3S. The first-order chi connectivity index (χ1) is 15.0. The summed E-state index contributed by atoms with van der Waals surface area (Å²) in [6.07, 6.45) is 5.93. The Labute approximate surface area is 186 Å². The number of benzene rings is 1. The van der Waals surface area contributed by atoms with Gasteiger partial charge >= 0.3 is 0 Å². The summed E-state index contributed by atoms with van der Waals surface area (Å²) in [7, 11) is 0. The van der Waals surface area contributed by atoms with Gasteiger partial charge in [0.05, 0.1) is 24.2 Å². The minimum absolute atomic E-state index is 0.108. The molecule has 1 aromatic carbocycles. The molecule has 2 aliphatic rings. The summed E-state index contributed by atoms with van der Waals surface area (Å²) in [4.78, 5) is 27.7. The summed E-state index contributed by atoms with van der Waals surface area (Å²) >= 11 is 1.43. The smallest absolute Gasteiger partial charge is 0.254 e. The third-order valence-electron chi connectivity index (χ3n) is 6.35. The van der Waals surface area contributed by atoms with Crippen LogP contribution in [0.2, 0.25) is 0 Å². The van der Waals surface area contributed by atoms with E-state index in [1.165, 1.54) is 23.5 Å². The van der Waals surface area contributed by atoms with Gasteiger partial charge in [0.2, 0.25) is 5.91 Å². The summed E-state index contributed by atoms with van der Waals surface area (Å²) in [6.45, 7) is 3.64. The third kappa shape index (κ3) is 4.39. The van der Waals surface area contributed by atoms with Crippen LogP contribution in [0.3, 0.4) is 0 Å². The molecule has 7 heteroatoms. The fourth-order valence-electron chi connectivity index (χ4n) is 4.68. The monoisotopic (exact) mass is 444 g/mol. The number of thiophene rings is 1. The maximum Gasteiger partial charge on any atom is 0.254 e. The van der Waals surface area contributed by atoms with Gasteiger partial charge in [0, 0.05) is 11.4 Å². The molecule has 0 bridgehead atoms. The minimum Gasteiger partial charge on any atom is -0.376 e. The quantitative estimate of drug-likeness (QED) is 0.663. The number of anilines is 1. The van der Waals surface area contributed by atoms with Crippen LogP contribution >= 0.6 is 11.3 Å². The molecule has 2 amide bonds. The SMILES string of the molecule is CCCNC(=O)c1c(NC(=O)C2(c3ccc(F)cc3)CCCCC2)sc2c1CCOC2. The summed E-state index contributed by atoms with van der Waals surface area (Å²) in [6, 6.07) is 6.29. The van der Waals surface area contributed by atoms with Gasteiger partial charge in [-0.05, 0) is 48.9 Å². The van der Waals surface area contributed by atoms with Crippen LogP contribution in [0.25, 0.3) is 0 Å². The maximum atomic E-state index is 13.7. The fraction of sp³-hybridized carbons (Fsp3) is 0.500. The van der Waals surface area contributed by atoms with Crippen LogP contribution in [0.4, 0.5) is 9.39 Å². The van der Waals surface area contributed by atoms with Gasteiger partial charge in [-0.3, -0.25) is 9.59 Å². The third-order valence-corrected chi connectivity index (χ3v) is 7.47. The van der Waals surface area contributed by atoms with E-state index in [0.717, 1.165) is 54.5 Å². The highest BCUT2D eigenvalue weighted by atomic mass is 32.1. The van der Waals surface area contributed by atoms with Gasteiger partial charge < -0.3 is 15.4 Å². The van der Waals surface area contributed by atoms with Crippen molar-refractivity contribution in [2.75, 3.05) is 18.5 Å². The Hall–Kier alpha value is -2.25. The average molecular weight is 445 g/mol. The van der Waals surface area contributed by atoms with E-state index < -0.39 is 5.41 Å². The minimum atomic E-state index is -0.704. The second kappa shape index (κ2) is 9.49. The lowest BCUT2D eigenvalue weighted by Crippen LogP contribution is -2.42. The predicted molar refractivity (Wildman–Crippen MR) is 120 cm³/mol. The molecular weight excluding hydrogens is 415 g/mol. The second-order valence-electron chi connectivity index (χ2n) is 8.37. The molecule has 1 aliphatic heterocycles. The van der Waals surface area contributed by atoms with Gasteiger partial charge in [0.1, 0.15) is 10.8 Å².